The lowest BCUT2D eigenvalue weighted by Crippen LogP contribution is -2.50. The zero-order valence-electron chi connectivity index (χ0n) is 13.7. The molecule has 1 aliphatic rings. The quantitative estimate of drug-likeness (QED) is 0.797. The van der Waals surface area contributed by atoms with E-state index in [1.54, 1.807) is 41.1 Å². The van der Waals surface area contributed by atoms with E-state index in [1.165, 1.54) is 11.3 Å². The van der Waals surface area contributed by atoms with Crippen molar-refractivity contribution >= 4 is 46.4 Å². The van der Waals surface area contributed by atoms with Crippen molar-refractivity contribution in [3.05, 3.63) is 39.3 Å². The first kappa shape index (κ1) is 18.2. The van der Waals surface area contributed by atoms with Crippen molar-refractivity contribution in [1.82, 2.24) is 14.8 Å². The van der Waals surface area contributed by atoms with Gasteiger partial charge in [-0.2, -0.15) is 0 Å². The molecule has 1 saturated heterocycles. The molecular formula is C17H17Cl2N3O2S. The first-order valence-corrected chi connectivity index (χ1v) is 9.45. The van der Waals surface area contributed by atoms with Crippen LogP contribution in [0.2, 0.25) is 10.0 Å². The van der Waals surface area contributed by atoms with Crippen molar-refractivity contribution in [3.8, 4) is 10.6 Å². The maximum Gasteiger partial charge on any atom is 0.228 e. The van der Waals surface area contributed by atoms with Crippen LogP contribution in [0.1, 0.15) is 11.8 Å². The van der Waals surface area contributed by atoms with E-state index >= 15 is 0 Å². The molecule has 0 saturated carbocycles. The first-order chi connectivity index (χ1) is 12.0. The fourth-order valence-electron chi connectivity index (χ4n) is 2.74. The molecule has 1 aromatic heterocycles. The average Bonchev–Trinajstić information content (AvgIpc) is 3.02. The lowest BCUT2D eigenvalue weighted by molar-refractivity contribution is -0.137. The molecule has 1 fully saturated rings. The van der Waals surface area contributed by atoms with Crippen LogP contribution in [-0.4, -0.2) is 52.8 Å². The number of hydrogen-bond acceptors (Lipinski definition) is 4. The van der Waals surface area contributed by atoms with Gasteiger partial charge in [0.2, 0.25) is 11.8 Å². The fraction of sp³-hybridized carbons (Fsp3) is 0.353. The number of carbonyl (C=O) groups is 2. The smallest absolute Gasteiger partial charge is 0.228 e. The standard InChI is InChI=1S/C17H17Cl2N3O2S/c1-11(23)21-5-7-22(8-6-21)15(24)9-12-10-20-17(25-12)16-13(18)3-2-4-14(16)19/h2-4,10H,5-9H2,1H3. The monoisotopic (exact) mass is 397 g/mol. The minimum atomic E-state index is 0.0451. The van der Waals surface area contributed by atoms with Crippen LogP contribution in [0.4, 0.5) is 0 Å². The molecule has 2 aromatic rings. The van der Waals surface area contributed by atoms with E-state index in [-0.39, 0.29) is 11.8 Å². The predicted octanol–water partition coefficient (Wildman–Crippen LogP) is 3.35. The number of halogens is 2. The lowest BCUT2D eigenvalue weighted by Gasteiger charge is -2.34. The van der Waals surface area contributed by atoms with Crippen molar-refractivity contribution in [2.24, 2.45) is 0 Å². The molecular weight excluding hydrogens is 381 g/mol. The lowest BCUT2D eigenvalue weighted by atomic mass is 10.2. The molecule has 3 rings (SSSR count). The summed E-state index contributed by atoms with van der Waals surface area (Å²) in [7, 11) is 0. The van der Waals surface area contributed by atoms with E-state index in [2.05, 4.69) is 4.98 Å². The van der Waals surface area contributed by atoms with Crippen LogP contribution in [0.3, 0.4) is 0 Å². The van der Waals surface area contributed by atoms with Crippen molar-refractivity contribution < 1.29 is 9.59 Å². The Morgan fingerprint density at radius 1 is 1.12 bits per heavy atom. The Labute approximate surface area is 160 Å². The number of carbonyl (C=O) groups excluding carboxylic acids is 2. The SMILES string of the molecule is CC(=O)N1CCN(C(=O)Cc2cnc(-c3c(Cl)cccc3Cl)s2)CC1. The van der Waals surface area contributed by atoms with E-state index in [0.717, 1.165) is 4.88 Å². The molecule has 2 amide bonds. The van der Waals surface area contributed by atoms with Crippen molar-refractivity contribution in [2.45, 2.75) is 13.3 Å². The van der Waals surface area contributed by atoms with Crippen LogP contribution < -0.4 is 0 Å². The van der Waals surface area contributed by atoms with Gasteiger partial charge < -0.3 is 9.80 Å². The molecule has 0 aliphatic carbocycles. The molecule has 0 radical (unpaired) electrons. The number of rotatable bonds is 3. The molecule has 0 bridgehead atoms. The Bertz CT molecular complexity index is 781. The highest BCUT2D eigenvalue weighted by atomic mass is 35.5. The van der Waals surface area contributed by atoms with E-state index in [4.69, 9.17) is 23.2 Å². The summed E-state index contributed by atoms with van der Waals surface area (Å²) in [6.45, 7) is 3.87. The number of hydrogen-bond donors (Lipinski definition) is 0. The summed E-state index contributed by atoms with van der Waals surface area (Å²) >= 11 is 13.8. The van der Waals surface area contributed by atoms with Crippen molar-refractivity contribution in [1.29, 1.82) is 0 Å². The third-order valence-corrected chi connectivity index (χ3v) is 5.78. The van der Waals surface area contributed by atoms with Crippen molar-refractivity contribution in [2.75, 3.05) is 26.2 Å². The maximum absolute atomic E-state index is 12.5. The minimum Gasteiger partial charge on any atom is -0.339 e. The summed E-state index contributed by atoms with van der Waals surface area (Å²) in [5.74, 6) is 0.0967. The molecule has 0 atom stereocenters. The van der Waals surface area contributed by atoms with E-state index in [0.29, 0.717) is 53.2 Å². The van der Waals surface area contributed by atoms with Gasteiger partial charge in [0.05, 0.1) is 16.5 Å². The van der Waals surface area contributed by atoms with Crippen LogP contribution in [0.15, 0.2) is 24.4 Å². The largest absolute Gasteiger partial charge is 0.339 e. The molecule has 0 spiro atoms. The Morgan fingerprint density at radius 3 is 2.32 bits per heavy atom. The number of benzene rings is 1. The zero-order chi connectivity index (χ0) is 18.0. The van der Waals surface area contributed by atoms with Crippen LogP contribution >= 0.6 is 34.5 Å². The third-order valence-electron chi connectivity index (χ3n) is 4.13. The van der Waals surface area contributed by atoms with Crippen LogP contribution in [-0.2, 0) is 16.0 Å². The average molecular weight is 398 g/mol. The van der Waals surface area contributed by atoms with Gasteiger partial charge in [-0.15, -0.1) is 11.3 Å². The van der Waals surface area contributed by atoms with Gasteiger partial charge in [-0.3, -0.25) is 9.59 Å². The molecule has 0 N–H and O–H groups in total. The van der Waals surface area contributed by atoms with E-state index in [9.17, 15) is 9.59 Å². The second-order valence-electron chi connectivity index (χ2n) is 5.79. The van der Waals surface area contributed by atoms with Gasteiger partial charge in [-0.1, -0.05) is 29.3 Å². The van der Waals surface area contributed by atoms with Crippen LogP contribution in [0, 0.1) is 0 Å². The first-order valence-electron chi connectivity index (χ1n) is 7.88. The van der Waals surface area contributed by atoms with Crippen LogP contribution in [0.5, 0.6) is 0 Å². The molecule has 132 valence electrons. The highest BCUT2D eigenvalue weighted by Crippen LogP contribution is 2.36. The van der Waals surface area contributed by atoms with Crippen molar-refractivity contribution in [3.63, 3.8) is 0 Å². The highest BCUT2D eigenvalue weighted by Gasteiger charge is 2.23. The number of piperazine rings is 1. The van der Waals surface area contributed by atoms with E-state index in [1.807, 2.05) is 0 Å². The van der Waals surface area contributed by atoms with Gasteiger partial charge in [-0.25, -0.2) is 4.98 Å². The number of amides is 2. The molecule has 8 heteroatoms. The van der Waals surface area contributed by atoms with E-state index < -0.39 is 0 Å². The molecule has 1 aliphatic heterocycles. The summed E-state index contributed by atoms with van der Waals surface area (Å²) < 4.78 is 0. The Hall–Kier alpha value is -1.63. The van der Waals surface area contributed by atoms with Gasteiger partial charge in [0, 0.05) is 49.7 Å². The summed E-state index contributed by atoms with van der Waals surface area (Å²) in [4.78, 5) is 32.6. The zero-order valence-corrected chi connectivity index (χ0v) is 16.0. The highest BCUT2D eigenvalue weighted by molar-refractivity contribution is 7.15. The van der Waals surface area contributed by atoms with Crippen LogP contribution in [0.25, 0.3) is 10.6 Å². The Balaban J connectivity index is 1.66. The summed E-state index contributed by atoms with van der Waals surface area (Å²) in [5, 5.41) is 1.79. The number of thiazole rings is 1. The van der Waals surface area contributed by atoms with Gasteiger partial charge >= 0.3 is 0 Å². The topological polar surface area (TPSA) is 53.5 Å². The Kier molecular flexibility index (Phi) is 5.61. The maximum atomic E-state index is 12.5. The predicted molar refractivity (Wildman–Crippen MR) is 100 cm³/mol. The summed E-state index contributed by atoms with van der Waals surface area (Å²) in [5.41, 5.74) is 0.699. The second-order valence-corrected chi connectivity index (χ2v) is 7.72. The van der Waals surface area contributed by atoms with Gasteiger partial charge in [0.1, 0.15) is 5.01 Å². The molecule has 0 unspecified atom stereocenters. The molecule has 2 heterocycles. The Morgan fingerprint density at radius 2 is 1.72 bits per heavy atom. The van der Waals surface area contributed by atoms with Gasteiger partial charge in [0.25, 0.3) is 0 Å². The van der Waals surface area contributed by atoms with Gasteiger partial charge in [-0.05, 0) is 12.1 Å². The normalized spacial score (nSPS) is 14.7. The summed E-state index contributed by atoms with van der Waals surface area (Å²) in [6, 6.07) is 5.32. The fourth-order valence-corrected chi connectivity index (χ4v) is 4.40. The number of nitrogens with zero attached hydrogens (tertiary/aromatic N) is 3. The molecule has 1 aromatic carbocycles. The molecule has 5 nitrogen and oxygen atoms in total. The summed E-state index contributed by atoms with van der Waals surface area (Å²) in [6.07, 6.45) is 1.99. The molecule has 25 heavy (non-hydrogen) atoms. The second kappa shape index (κ2) is 7.72. The minimum absolute atomic E-state index is 0.0451. The van der Waals surface area contributed by atoms with Gasteiger partial charge in [0.15, 0.2) is 0 Å². The number of aromatic nitrogens is 1. The third kappa shape index (κ3) is 4.14.